The van der Waals surface area contributed by atoms with Crippen LogP contribution in [0.1, 0.15) is 53.9 Å². The van der Waals surface area contributed by atoms with E-state index in [-0.39, 0.29) is 5.97 Å². The molecule has 0 aromatic carbocycles. The van der Waals surface area contributed by atoms with E-state index < -0.39 is 0 Å². The third-order valence-electron chi connectivity index (χ3n) is 2.51. The maximum Gasteiger partial charge on any atom is 0.310 e. The van der Waals surface area contributed by atoms with Crippen LogP contribution in [0.4, 0.5) is 0 Å². The lowest BCUT2D eigenvalue weighted by Crippen LogP contribution is -2.03. The van der Waals surface area contributed by atoms with Crippen LogP contribution in [0.3, 0.4) is 0 Å². The van der Waals surface area contributed by atoms with Crippen LogP contribution in [-0.4, -0.2) is 12.6 Å². The summed E-state index contributed by atoms with van der Waals surface area (Å²) < 4.78 is 4.88. The van der Waals surface area contributed by atoms with Crippen LogP contribution in [0, 0.1) is 5.92 Å². The molecule has 0 aliphatic carbocycles. The molecule has 0 rings (SSSR count). The van der Waals surface area contributed by atoms with Crippen molar-refractivity contribution in [3.8, 4) is 0 Å². The van der Waals surface area contributed by atoms with Crippen LogP contribution in [0.15, 0.2) is 29.0 Å². The number of rotatable bonds is 7. The molecule has 0 bridgehead atoms. The minimum Gasteiger partial charge on any atom is -0.466 e. The summed E-state index contributed by atoms with van der Waals surface area (Å²) in [6.07, 6.45) is 6.71. The van der Waals surface area contributed by atoms with Gasteiger partial charge in [-0.05, 0) is 58.1 Å². The van der Waals surface area contributed by atoms with Crippen LogP contribution in [0.2, 0.25) is 0 Å². The van der Waals surface area contributed by atoms with E-state index in [9.17, 15) is 4.79 Å². The highest BCUT2D eigenvalue weighted by molar-refractivity contribution is 5.72. The summed E-state index contributed by atoms with van der Waals surface area (Å²) in [6, 6.07) is 0. The second kappa shape index (κ2) is 9.73. The van der Waals surface area contributed by atoms with Crippen molar-refractivity contribution in [1.82, 2.24) is 0 Å². The molecule has 0 radical (unpaired) electrons. The highest BCUT2D eigenvalue weighted by Gasteiger charge is 2.01. The third-order valence-corrected chi connectivity index (χ3v) is 2.51. The Bertz CT molecular complexity index is 340. The van der Waals surface area contributed by atoms with Gasteiger partial charge in [-0.15, -0.1) is 5.73 Å². The van der Waals surface area contributed by atoms with Crippen molar-refractivity contribution in [3.05, 3.63) is 29.0 Å². The summed E-state index contributed by atoms with van der Waals surface area (Å²) in [5.41, 5.74) is 5.45. The second-order valence-electron chi connectivity index (χ2n) is 4.97. The molecule has 0 aliphatic heterocycles. The smallest absolute Gasteiger partial charge is 0.310 e. The van der Waals surface area contributed by atoms with Gasteiger partial charge in [0.05, 0.1) is 13.0 Å². The molecule has 1 atom stereocenters. The third kappa shape index (κ3) is 9.92. The minimum atomic E-state index is -0.173. The fraction of sp³-hybridized carbons (Fsp3) is 0.625. The molecule has 0 aromatic heterocycles. The van der Waals surface area contributed by atoms with Crippen molar-refractivity contribution >= 4 is 5.97 Å². The van der Waals surface area contributed by atoms with E-state index in [4.69, 9.17) is 4.74 Å². The van der Waals surface area contributed by atoms with E-state index in [0.717, 1.165) is 18.4 Å². The van der Waals surface area contributed by atoms with Crippen LogP contribution in [0.25, 0.3) is 0 Å². The Hall–Kier alpha value is -1.27. The predicted molar refractivity (Wildman–Crippen MR) is 76.3 cm³/mol. The molecule has 0 fully saturated rings. The van der Waals surface area contributed by atoms with Gasteiger partial charge in [-0.3, -0.25) is 4.79 Å². The molecule has 0 spiro atoms. The number of carbonyl (C=O) groups is 1. The highest BCUT2D eigenvalue weighted by atomic mass is 16.5. The zero-order chi connectivity index (χ0) is 14.0. The predicted octanol–water partition coefficient (Wildman–Crippen LogP) is 4.42. The molecule has 1 unspecified atom stereocenters. The van der Waals surface area contributed by atoms with Crippen molar-refractivity contribution in [2.24, 2.45) is 5.92 Å². The quantitative estimate of drug-likeness (QED) is 0.380. The molecule has 2 heteroatoms. The van der Waals surface area contributed by atoms with E-state index in [0.29, 0.717) is 18.9 Å². The Morgan fingerprint density at radius 2 is 1.94 bits per heavy atom. The van der Waals surface area contributed by atoms with Crippen molar-refractivity contribution in [3.63, 3.8) is 0 Å². The van der Waals surface area contributed by atoms with E-state index >= 15 is 0 Å². The maximum atomic E-state index is 11.2. The van der Waals surface area contributed by atoms with Gasteiger partial charge in [0.25, 0.3) is 0 Å². The molecule has 0 N–H and O–H groups in total. The van der Waals surface area contributed by atoms with Crippen molar-refractivity contribution in [1.29, 1.82) is 0 Å². The lowest BCUT2D eigenvalue weighted by Gasteiger charge is -2.04. The molecule has 2 nitrogen and oxygen atoms in total. The van der Waals surface area contributed by atoms with Gasteiger partial charge in [-0.1, -0.05) is 18.6 Å². The Morgan fingerprint density at radius 3 is 2.50 bits per heavy atom. The summed E-state index contributed by atoms with van der Waals surface area (Å²) in [4.78, 5) is 11.2. The van der Waals surface area contributed by atoms with Crippen LogP contribution >= 0.6 is 0 Å². The summed E-state index contributed by atoms with van der Waals surface area (Å²) >= 11 is 0. The molecule has 102 valence electrons. The molecule has 0 amide bonds. The van der Waals surface area contributed by atoms with Gasteiger partial charge < -0.3 is 4.74 Å². The standard InChI is InChI=1S/C16H26O2/c1-6-18-16(17)12-15(5)9-7-8-14(4)11-10-13(2)3/h7,10,14H,6,8,11-12H2,1-5H3. The fourth-order valence-corrected chi connectivity index (χ4v) is 1.45. The first-order chi connectivity index (χ1) is 8.45. The number of carbonyl (C=O) groups excluding carboxylic acids is 1. The van der Waals surface area contributed by atoms with Crippen LogP contribution < -0.4 is 0 Å². The first-order valence-electron chi connectivity index (χ1n) is 6.65. The number of esters is 1. The molecular formula is C16H26O2. The van der Waals surface area contributed by atoms with Gasteiger partial charge in [0, 0.05) is 0 Å². The Labute approximate surface area is 111 Å². The molecule has 0 aromatic rings. The summed E-state index contributed by atoms with van der Waals surface area (Å²) in [5.74, 6) is 0.441. The molecule has 0 heterocycles. The maximum absolute atomic E-state index is 11.2. The average molecular weight is 250 g/mol. The first kappa shape index (κ1) is 16.7. The van der Waals surface area contributed by atoms with E-state index in [1.807, 2.05) is 19.9 Å². The van der Waals surface area contributed by atoms with Gasteiger partial charge in [0.2, 0.25) is 0 Å². The zero-order valence-electron chi connectivity index (χ0n) is 12.4. The zero-order valence-corrected chi connectivity index (χ0v) is 12.4. The number of hydrogen-bond donors (Lipinski definition) is 0. The molecule has 18 heavy (non-hydrogen) atoms. The lowest BCUT2D eigenvalue weighted by molar-refractivity contribution is -0.142. The van der Waals surface area contributed by atoms with Crippen molar-refractivity contribution < 1.29 is 9.53 Å². The molecule has 0 aliphatic rings. The van der Waals surface area contributed by atoms with E-state index in [1.165, 1.54) is 5.57 Å². The van der Waals surface area contributed by atoms with E-state index in [2.05, 4.69) is 32.6 Å². The van der Waals surface area contributed by atoms with Crippen LogP contribution in [0.5, 0.6) is 0 Å². The Balaban J connectivity index is 4.12. The fourth-order valence-electron chi connectivity index (χ4n) is 1.45. The summed E-state index contributed by atoms with van der Waals surface area (Å²) in [6.45, 7) is 10.6. The number of allylic oxidation sites excluding steroid dienone is 2. The minimum absolute atomic E-state index is 0.173. The normalized spacial score (nSPS) is 11.2. The molecule has 0 saturated heterocycles. The summed E-state index contributed by atoms with van der Waals surface area (Å²) in [5, 5.41) is 0. The monoisotopic (exact) mass is 250 g/mol. The van der Waals surface area contributed by atoms with Crippen molar-refractivity contribution in [2.75, 3.05) is 6.61 Å². The van der Waals surface area contributed by atoms with E-state index in [1.54, 1.807) is 0 Å². The van der Waals surface area contributed by atoms with Gasteiger partial charge in [0.15, 0.2) is 0 Å². The Kier molecular flexibility index (Phi) is 9.04. The topological polar surface area (TPSA) is 26.3 Å². The van der Waals surface area contributed by atoms with Gasteiger partial charge in [-0.25, -0.2) is 0 Å². The Morgan fingerprint density at radius 1 is 1.28 bits per heavy atom. The van der Waals surface area contributed by atoms with Crippen molar-refractivity contribution in [2.45, 2.75) is 53.9 Å². The van der Waals surface area contributed by atoms with Gasteiger partial charge >= 0.3 is 5.97 Å². The van der Waals surface area contributed by atoms with Gasteiger partial charge in [-0.2, -0.15) is 0 Å². The highest BCUT2D eigenvalue weighted by Crippen LogP contribution is 2.10. The first-order valence-corrected chi connectivity index (χ1v) is 6.65. The summed E-state index contributed by atoms with van der Waals surface area (Å²) in [7, 11) is 0. The van der Waals surface area contributed by atoms with Crippen LogP contribution in [-0.2, 0) is 9.53 Å². The molecular weight excluding hydrogens is 224 g/mol. The SMILES string of the molecule is CCOC(=O)CC(C)=C=CCC(C)CC=C(C)C. The number of ether oxygens (including phenoxy) is 1. The number of hydrogen-bond acceptors (Lipinski definition) is 2. The largest absolute Gasteiger partial charge is 0.466 e. The lowest BCUT2D eigenvalue weighted by atomic mass is 10.0. The average Bonchev–Trinajstić information content (AvgIpc) is 2.26. The second-order valence-corrected chi connectivity index (χ2v) is 4.97. The van der Waals surface area contributed by atoms with Gasteiger partial charge in [0.1, 0.15) is 0 Å². The molecule has 0 saturated carbocycles.